The Morgan fingerprint density at radius 3 is 2.76 bits per heavy atom. The van der Waals surface area contributed by atoms with Gasteiger partial charge in [-0.1, -0.05) is 11.6 Å². The molecule has 3 N–H and O–H groups in total. The summed E-state index contributed by atoms with van der Waals surface area (Å²) in [4.78, 5) is 0. The Kier molecular flexibility index (Phi) is 4.34. The maximum atomic E-state index is 13.8. The molecule has 1 heterocycles. The Morgan fingerprint density at radius 1 is 1.41 bits per heavy atom. The van der Waals surface area contributed by atoms with Crippen molar-refractivity contribution in [2.24, 2.45) is 11.8 Å². The number of hydrazine groups is 1. The first-order chi connectivity index (χ1) is 8.22. The lowest BCUT2D eigenvalue weighted by Crippen LogP contribution is -2.36. The zero-order valence-electron chi connectivity index (χ0n) is 9.46. The predicted molar refractivity (Wildman–Crippen MR) is 65.0 cm³/mol. The molecule has 0 amide bonds. The number of rotatable bonds is 3. The quantitative estimate of drug-likeness (QED) is 0.647. The van der Waals surface area contributed by atoms with Crippen molar-refractivity contribution in [1.82, 2.24) is 5.43 Å². The third kappa shape index (κ3) is 2.96. The second kappa shape index (κ2) is 5.78. The molecule has 0 spiro atoms. The average Bonchev–Trinajstić information content (AvgIpc) is 2.36. The molecule has 1 fully saturated rings. The van der Waals surface area contributed by atoms with Crippen LogP contribution in [0.5, 0.6) is 0 Å². The molecule has 1 aromatic rings. The first-order valence-electron chi connectivity index (χ1n) is 5.71. The maximum Gasteiger partial charge on any atom is 0.128 e. The van der Waals surface area contributed by atoms with Crippen LogP contribution in [0.3, 0.4) is 0 Å². The fraction of sp³-hybridized carbons (Fsp3) is 0.500. The molecule has 94 valence electrons. The van der Waals surface area contributed by atoms with Crippen LogP contribution in [-0.2, 0) is 4.74 Å². The molecular weight excluding hydrogens is 243 g/mol. The van der Waals surface area contributed by atoms with Crippen molar-refractivity contribution in [3.8, 4) is 0 Å². The van der Waals surface area contributed by atoms with Crippen molar-refractivity contribution in [1.29, 1.82) is 0 Å². The molecular formula is C12H16ClFN2O. The summed E-state index contributed by atoms with van der Waals surface area (Å²) >= 11 is 5.90. The van der Waals surface area contributed by atoms with Crippen molar-refractivity contribution in [3.05, 3.63) is 34.6 Å². The summed E-state index contributed by atoms with van der Waals surface area (Å²) in [5, 5.41) is 0.522. The highest BCUT2D eigenvalue weighted by atomic mass is 35.5. The van der Waals surface area contributed by atoms with Crippen LogP contribution in [-0.4, -0.2) is 13.2 Å². The fourth-order valence-corrected chi connectivity index (χ4v) is 2.46. The van der Waals surface area contributed by atoms with Crippen LogP contribution < -0.4 is 11.3 Å². The molecule has 0 bridgehead atoms. The van der Waals surface area contributed by atoms with Gasteiger partial charge in [0.15, 0.2) is 0 Å². The van der Waals surface area contributed by atoms with Crippen LogP contribution >= 0.6 is 11.6 Å². The van der Waals surface area contributed by atoms with Crippen molar-refractivity contribution < 1.29 is 9.13 Å². The van der Waals surface area contributed by atoms with E-state index in [4.69, 9.17) is 22.2 Å². The standard InChI is InChI=1S/C12H16ClFN2O/c13-9-1-2-11(14)10(7-9)12(16-15)8-3-5-17-6-4-8/h1-2,7-8,12,16H,3-6,15H2. The summed E-state index contributed by atoms with van der Waals surface area (Å²) in [6.07, 6.45) is 1.75. The highest BCUT2D eigenvalue weighted by Crippen LogP contribution is 2.32. The maximum absolute atomic E-state index is 13.8. The lowest BCUT2D eigenvalue weighted by atomic mass is 9.87. The van der Waals surface area contributed by atoms with Crippen LogP contribution in [0.4, 0.5) is 4.39 Å². The number of nitrogens with one attached hydrogen (secondary N) is 1. The monoisotopic (exact) mass is 258 g/mol. The second-order valence-electron chi connectivity index (χ2n) is 4.26. The Hall–Kier alpha value is -0.680. The molecule has 1 atom stereocenters. The van der Waals surface area contributed by atoms with Gasteiger partial charge in [0.25, 0.3) is 0 Å². The van der Waals surface area contributed by atoms with Gasteiger partial charge >= 0.3 is 0 Å². The first-order valence-corrected chi connectivity index (χ1v) is 6.09. The Labute approximate surface area is 105 Å². The molecule has 2 rings (SSSR count). The normalized spacial score (nSPS) is 19.2. The topological polar surface area (TPSA) is 47.3 Å². The average molecular weight is 259 g/mol. The molecule has 0 radical (unpaired) electrons. The van der Waals surface area contributed by atoms with E-state index in [-0.39, 0.29) is 17.8 Å². The van der Waals surface area contributed by atoms with Gasteiger partial charge in [0.2, 0.25) is 0 Å². The lowest BCUT2D eigenvalue weighted by Gasteiger charge is -2.30. The van der Waals surface area contributed by atoms with Crippen LogP contribution in [0.2, 0.25) is 5.02 Å². The van der Waals surface area contributed by atoms with Crippen LogP contribution in [0.15, 0.2) is 18.2 Å². The molecule has 1 saturated heterocycles. The van der Waals surface area contributed by atoms with E-state index in [1.165, 1.54) is 12.1 Å². The van der Waals surface area contributed by atoms with E-state index in [9.17, 15) is 4.39 Å². The van der Waals surface area contributed by atoms with E-state index in [2.05, 4.69) is 5.43 Å². The van der Waals surface area contributed by atoms with Crippen molar-refractivity contribution in [2.45, 2.75) is 18.9 Å². The Morgan fingerprint density at radius 2 is 2.12 bits per heavy atom. The zero-order valence-corrected chi connectivity index (χ0v) is 10.2. The van der Waals surface area contributed by atoms with E-state index in [1.807, 2.05) is 0 Å². The molecule has 1 aromatic carbocycles. The summed E-state index contributed by atoms with van der Waals surface area (Å²) in [6.45, 7) is 1.40. The molecule has 0 aliphatic carbocycles. The third-order valence-corrected chi connectivity index (χ3v) is 3.45. The third-order valence-electron chi connectivity index (χ3n) is 3.21. The number of hydrogen-bond acceptors (Lipinski definition) is 3. The predicted octanol–water partition coefficient (Wildman–Crippen LogP) is 2.41. The zero-order chi connectivity index (χ0) is 12.3. The number of hydrogen-bond donors (Lipinski definition) is 2. The number of halogens is 2. The number of nitrogens with two attached hydrogens (primary N) is 1. The molecule has 1 unspecified atom stereocenters. The van der Waals surface area contributed by atoms with Gasteiger partial charge in [-0.25, -0.2) is 4.39 Å². The van der Waals surface area contributed by atoms with Gasteiger partial charge in [-0.2, -0.15) is 0 Å². The first kappa shape index (κ1) is 12.8. The lowest BCUT2D eigenvalue weighted by molar-refractivity contribution is 0.0531. The minimum Gasteiger partial charge on any atom is -0.381 e. The van der Waals surface area contributed by atoms with Gasteiger partial charge in [-0.05, 0) is 37.0 Å². The van der Waals surface area contributed by atoms with Gasteiger partial charge in [-0.15, -0.1) is 0 Å². The smallest absolute Gasteiger partial charge is 0.128 e. The van der Waals surface area contributed by atoms with Gasteiger partial charge in [0, 0.05) is 23.8 Å². The van der Waals surface area contributed by atoms with Gasteiger partial charge in [0.1, 0.15) is 5.82 Å². The largest absolute Gasteiger partial charge is 0.381 e. The fourth-order valence-electron chi connectivity index (χ4n) is 2.28. The molecule has 0 saturated carbocycles. The Balaban J connectivity index is 2.24. The van der Waals surface area contributed by atoms with E-state index in [0.717, 1.165) is 12.8 Å². The summed E-state index contributed by atoms with van der Waals surface area (Å²) < 4.78 is 19.1. The molecule has 0 aromatic heterocycles. The summed E-state index contributed by atoms with van der Waals surface area (Å²) in [5.74, 6) is 5.56. The van der Waals surface area contributed by atoms with Crippen LogP contribution in [0, 0.1) is 11.7 Å². The summed E-state index contributed by atoms with van der Waals surface area (Å²) in [5.41, 5.74) is 3.24. The van der Waals surface area contributed by atoms with Crippen molar-refractivity contribution in [2.75, 3.05) is 13.2 Å². The second-order valence-corrected chi connectivity index (χ2v) is 4.70. The van der Waals surface area contributed by atoms with Crippen LogP contribution in [0.25, 0.3) is 0 Å². The minimum absolute atomic E-state index is 0.211. The van der Waals surface area contributed by atoms with Crippen molar-refractivity contribution >= 4 is 11.6 Å². The van der Waals surface area contributed by atoms with Gasteiger partial charge in [0.05, 0.1) is 6.04 Å². The SMILES string of the molecule is NNC(c1cc(Cl)ccc1F)C1CCOCC1. The highest BCUT2D eigenvalue weighted by molar-refractivity contribution is 6.30. The summed E-state index contributed by atoms with van der Waals surface area (Å²) in [6, 6.07) is 4.34. The van der Waals surface area contributed by atoms with E-state index in [1.54, 1.807) is 6.07 Å². The number of benzene rings is 1. The van der Waals surface area contributed by atoms with Crippen LogP contribution in [0.1, 0.15) is 24.4 Å². The molecule has 1 aliphatic heterocycles. The Bertz CT molecular complexity index is 383. The summed E-state index contributed by atoms with van der Waals surface area (Å²) in [7, 11) is 0. The minimum atomic E-state index is -0.274. The molecule has 5 heteroatoms. The molecule has 17 heavy (non-hydrogen) atoms. The molecule has 1 aliphatic rings. The highest BCUT2D eigenvalue weighted by Gasteiger charge is 2.26. The van der Waals surface area contributed by atoms with E-state index in [0.29, 0.717) is 23.8 Å². The van der Waals surface area contributed by atoms with E-state index < -0.39 is 0 Å². The number of ether oxygens (including phenoxy) is 1. The van der Waals surface area contributed by atoms with Gasteiger partial charge < -0.3 is 4.74 Å². The molecule has 3 nitrogen and oxygen atoms in total. The van der Waals surface area contributed by atoms with Crippen molar-refractivity contribution in [3.63, 3.8) is 0 Å². The van der Waals surface area contributed by atoms with E-state index >= 15 is 0 Å². The van der Waals surface area contributed by atoms with Gasteiger partial charge in [-0.3, -0.25) is 11.3 Å².